The van der Waals surface area contributed by atoms with Gasteiger partial charge >= 0.3 is 35.9 Å². The van der Waals surface area contributed by atoms with Crippen LogP contribution in [0.5, 0.6) is 0 Å². The van der Waals surface area contributed by atoms with Gasteiger partial charge in [-0.1, -0.05) is 34.5 Å². The third kappa shape index (κ3) is 24.7. The van der Waals surface area contributed by atoms with E-state index in [9.17, 15) is 63.6 Å². The van der Waals surface area contributed by atoms with Gasteiger partial charge in [0.2, 0.25) is 5.91 Å². The Morgan fingerprint density at radius 2 is 1.05 bits per heavy atom. The predicted molar refractivity (Wildman–Crippen MR) is 235 cm³/mol. The number of Topliss-reactive ketones (excluding diaryl/α,β-unsaturated/α-hetero) is 2. The van der Waals surface area contributed by atoms with Crippen molar-refractivity contribution in [2.24, 2.45) is 0 Å². The molecule has 1 aromatic rings. The largest absolute Gasteiger partial charge is 0.481 e. The van der Waals surface area contributed by atoms with E-state index in [0.717, 1.165) is 10.0 Å². The fraction of sp³-hybridized carbons (Fsp3) is 0.643. The molecule has 0 spiro atoms. The van der Waals surface area contributed by atoms with Crippen molar-refractivity contribution in [2.45, 2.75) is 89.8 Å². The van der Waals surface area contributed by atoms with Crippen LogP contribution in [-0.2, 0) is 44.9 Å². The number of hydrogen-bond acceptors (Lipinski definition) is 13. The van der Waals surface area contributed by atoms with Gasteiger partial charge in [-0.05, 0) is 63.1 Å². The summed E-state index contributed by atoms with van der Waals surface area (Å²) in [6.07, 6.45) is 2.33. The van der Waals surface area contributed by atoms with E-state index < -0.39 is 53.7 Å². The van der Waals surface area contributed by atoms with E-state index in [1.807, 2.05) is 29.2 Å². The average molecular weight is 971 g/mol. The molecule has 1 heterocycles. The average Bonchev–Trinajstić information content (AvgIpc) is 3.20. The second-order valence-corrected chi connectivity index (χ2v) is 16.8. The summed E-state index contributed by atoms with van der Waals surface area (Å²) >= 11 is 3.41. The summed E-state index contributed by atoms with van der Waals surface area (Å²) in [4.78, 5) is 117. The molecule has 1 saturated heterocycles. The highest BCUT2D eigenvalue weighted by Crippen LogP contribution is 2.16. The first kappa shape index (κ1) is 55.1. The minimum Gasteiger partial charge on any atom is -0.481 e. The highest BCUT2D eigenvalue weighted by atomic mass is 79.9. The second-order valence-electron chi connectivity index (χ2n) is 15.9. The molecule has 3 amide bonds. The first-order valence-electron chi connectivity index (χ1n) is 21.4. The van der Waals surface area contributed by atoms with E-state index in [-0.39, 0.29) is 96.2 Å². The second kappa shape index (κ2) is 30.2. The normalized spacial score (nSPS) is 15.7. The Morgan fingerprint density at radius 1 is 0.578 bits per heavy atom. The molecule has 22 heteroatoms. The van der Waals surface area contributed by atoms with Crippen molar-refractivity contribution in [3.63, 3.8) is 0 Å². The van der Waals surface area contributed by atoms with Gasteiger partial charge in [-0.3, -0.25) is 53.2 Å². The van der Waals surface area contributed by atoms with Crippen LogP contribution in [0, 0.1) is 0 Å². The van der Waals surface area contributed by atoms with Crippen LogP contribution in [0.1, 0.15) is 76.7 Å². The quantitative estimate of drug-likeness (QED) is 0.0586. The SMILES string of the molecule is CC(=O)C(CCC(=O)O)NC(=O)NC(CCCCN(Cc1ccc(Br)cc1)C(=O)CCCCCC(=O)CN1CCN(CC(=O)O)CCN(CC(=O)O)CCN(CC(=O)O)CC1)C(=O)O. The van der Waals surface area contributed by atoms with Gasteiger partial charge in [0.05, 0.1) is 32.2 Å². The van der Waals surface area contributed by atoms with E-state index >= 15 is 0 Å². The number of carbonyl (C=O) groups is 9. The van der Waals surface area contributed by atoms with Gasteiger partial charge in [-0.2, -0.15) is 0 Å². The van der Waals surface area contributed by atoms with Crippen LogP contribution in [0.15, 0.2) is 28.7 Å². The first-order chi connectivity index (χ1) is 30.3. The lowest BCUT2D eigenvalue weighted by atomic mass is 10.1. The Hall–Kier alpha value is -5.03. The molecule has 1 fully saturated rings. The maximum Gasteiger partial charge on any atom is 0.326 e. The van der Waals surface area contributed by atoms with Crippen LogP contribution in [0.3, 0.4) is 0 Å². The van der Waals surface area contributed by atoms with Crippen LogP contribution in [0.25, 0.3) is 0 Å². The van der Waals surface area contributed by atoms with Gasteiger partial charge in [0.1, 0.15) is 11.8 Å². The van der Waals surface area contributed by atoms with Crippen LogP contribution < -0.4 is 10.6 Å². The first-order valence-corrected chi connectivity index (χ1v) is 22.2. The number of carbonyl (C=O) groups excluding carboxylic acids is 4. The van der Waals surface area contributed by atoms with Gasteiger partial charge in [0.25, 0.3) is 0 Å². The van der Waals surface area contributed by atoms with Crippen LogP contribution in [0.2, 0.25) is 0 Å². The molecule has 1 aliphatic rings. The van der Waals surface area contributed by atoms with Gasteiger partial charge in [0.15, 0.2) is 5.78 Å². The van der Waals surface area contributed by atoms with Gasteiger partial charge in [-0.15, -0.1) is 0 Å². The van der Waals surface area contributed by atoms with Gasteiger partial charge in [0, 0.05) is 89.2 Å². The van der Waals surface area contributed by atoms with Crippen molar-refractivity contribution in [3.05, 3.63) is 34.3 Å². The minimum atomic E-state index is -1.30. The molecule has 1 aromatic carbocycles. The fourth-order valence-corrected chi connectivity index (χ4v) is 7.32. The van der Waals surface area contributed by atoms with Crippen molar-refractivity contribution < 1.29 is 68.7 Å². The number of benzene rings is 1. The van der Waals surface area contributed by atoms with Crippen molar-refractivity contribution in [2.75, 3.05) is 85.1 Å². The molecule has 2 unspecified atom stereocenters. The fourth-order valence-electron chi connectivity index (χ4n) is 7.06. The number of hydrogen-bond donors (Lipinski definition) is 7. The Kier molecular flexibility index (Phi) is 26.0. The maximum atomic E-state index is 13.5. The summed E-state index contributed by atoms with van der Waals surface area (Å²) in [5, 5.41) is 51.7. The number of unbranched alkanes of at least 4 members (excludes halogenated alkanes) is 3. The molecule has 0 aliphatic carbocycles. The maximum absolute atomic E-state index is 13.5. The number of urea groups is 1. The van der Waals surface area contributed by atoms with Crippen LogP contribution in [-0.4, -0.2) is 201 Å². The van der Waals surface area contributed by atoms with E-state index in [1.165, 1.54) is 6.92 Å². The third-order valence-electron chi connectivity index (χ3n) is 10.6. The molecular formula is C42H64BrN7O14. The Morgan fingerprint density at radius 3 is 1.50 bits per heavy atom. The lowest BCUT2D eigenvalue weighted by molar-refractivity contribution is -0.140. The highest BCUT2D eigenvalue weighted by molar-refractivity contribution is 9.10. The molecule has 7 N–H and O–H groups in total. The number of halogens is 1. The number of ketones is 2. The van der Waals surface area contributed by atoms with E-state index in [2.05, 4.69) is 26.6 Å². The third-order valence-corrected chi connectivity index (χ3v) is 11.1. The molecule has 0 radical (unpaired) electrons. The Balaban J connectivity index is 1.96. The van der Waals surface area contributed by atoms with E-state index in [4.69, 9.17) is 5.11 Å². The Bertz CT molecular complexity index is 1690. The zero-order chi connectivity index (χ0) is 47.6. The molecule has 0 bridgehead atoms. The smallest absolute Gasteiger partial charge is 0.326 e. The van der Waals surface area contributed by atoms with Gasteiger partial charge in [-0.25, -0.2) is 9.59 Å². The van der Waals surface area contributed by atoms with Crippen LogP contribution in [0.4, 0.5) is 4.79 Å². The summed E-state index contributed by atoms with van der Waals surface area (Å²) in [5.74, 6) is -6.22. The molecule has 2 atom stereocenters. The molecule has 64 heavy (non-hydrogen) atoms. The molecular weight excluding hydrogens is 906 g/mol. The Labute approximate surface area is 381 Å². The van der Waals surface area contributed by atoms with Crippen molar-refractivity contribution in [3.8, 4) is 0 Å². The number of nitrogens with one attached hydrogen (secondary N) is 2. The summed E-state index contributed by atoms with van der Waals surface area (Å²) < 4.78 is 0.867. The van der Waals surface area contributed by atoms with E-state index in [0.29, 0.717) is 71.4 Å². The summed E-state index contributed by atoms with van der Waals surface area (Å²) in [6, 6.07) is 4.17. The molecule has 1 aliphatic heterocycles. The summed E-state index contributed by atoms with van der Waals surface area (Å²) in [7, 11) is 0. The summed E-state index contributed by atoms with van der Waals surface area (Å²) in [6.45, 7) is 3.42. The molecule has 358 valence electrons. The number of rotatable bonds is 28. The van der Waals surface area contributed by atoms with Gasteiger partial charge < -0.3 is 41.1 Å². The number of carboxylic acid groups (broad SMARTS) is 5. The van der Waals surface area contributed by atoms with Crippen LogP contribution >= 0.6 is 15.9 Å². The van der Waals surface area contributed by atoms with E-state index in [1.54, 1.807) is 19.6 Å². The van der Waals surface area contributed by atoms with Crippen molar-refractivity contribution in [1.29, 1.82) is 0 Å². The molecule has 2 rings (SSSR count). The zero-order valence-corrected chi connectivity index (χ0v) is 38.0. The molecule has 21 nitrogen and oxygen atoms in total. The number of amides is 3. The lowest BCUT2D eigenvalue weighted by Gasteiger charge is -2.32. The topological polar surface area (TPSA) is 295 Å². The molecule has 0 saturated carbocycles. The predicted octanol–water partition coefficient (Wildman–Crippen LogP) is 1.52. The van der Waals surface area contributed by atoms with Crippen molar-refractivity contribution in [1.82, 2.24) is 35.1 Å². The highest BCUT2D eigenvalue weighted by Gasteiger charge is 2.25. The summed E-state index contributed by atoms with van der Waals surface area (Å²) in [5.41, 5.74) is 0.880. The lowest BCUT2D eigenvalue weighted by Crippen LogP contribution is -2.50. The van der Waals surface area contributed by atoms with Crippen molar-refractivity contribution >= 4 is 69.3 Å². The monoisotopic (exact) mass is 969 g/mol. The number of nitrogens with zero attached hydrogens (tertiary/aromatic N) is 5. The minimum absolute atomic E-state index is 0.0307. The zero-order valence-electron chi connectivity index (χ0n) is 36.5. The number of carboxylic acids is 5. The standard InChI is InChI=1S/C42H64BrN7O14/c1-30(51)34(14-15-37(54)55)44-42(64)45-35(41(62)63)8-5-6-16-50(25-31-10-12-32(43)13-11-31)36(53)9-4-2-3-7-33(52)26-46-17-19-47(27-38(56)57)21-23-49(29-40(60)61)24-22-48(20-18-46)28-39(58)59/h10-13,34-35H,2-9,14-29H2,1H3,(H,54,55)(H,56,57)(H,58,59)(H,60,61)(H,62,63)(H2,44,45,64). The number of aliphatic carboxylic acids is 5. The molecule has 0 aromatic heterocycles.